The Morgan fingerprint density at radius 3 is 2.33 bits per heavy atom. The molecule has 2 nitrogen and oxygen atoms in total. The van der Waals surface area contributed by atoms with Crippen LogP contribution < -0.4 is 0 Å². The van der Waals surface area contributed by atoms with E-state index in [0.29, 0.717) is 0 Å². The lowest BCUT2D eigenvalue weighted by Crippen LogP contribution is -2.35. The fourth-order valence-electron chi connectivity index (χ4n) is 0.903. The summed E-state index contributed by atoms with van der Waals surface area (Å²) in [6, 6.07) is 0. The van der Waals surface area contributed by atoms with Gasteiger partial charge in [0.15, 0.2) is 0 Å². The lowest BCUT2D eigenvalue weighted by molar-refractivity contribution is 0.161. The summed E-state index contributed by atoms with van der Waals surface area (Å²) in [5.74, 6) is 0. The third-order valence-electron chi connectivity index (χ3n) is 1.47. The number of rotatable bonds is 0. The quantitative estimate of drug-likeness (QED) is 0.480. The summed E-state index contributed by atoms with van der Waals surface area (Å²) in [7, 11) is 0. The zero-order chi connectivity index (χ0) is 6.91. The first kappa shape index (κ1) is 6.59. The van der Waals surface area contributed by atoms with Gasteiger partial charge in [0.2, 0.25) is 0 Å². The number of hydrogen-bond acceptors (Lipinski definition) is 2. The lowest BCUT2D eigenvalue weighted by Gasteiger charge is -2.29. The largest absolute Gasteiger partial charge is 0.292 e. The van der Waals surface area contributed by atoms with E-state index in [1.165, 1.54) is 0 Å². The molecule has 1 aliphatic heterocycles. The van der Waals surface area contributed by atoms with Crippen molar-refractivity contribution in [2.45, 2.75) is 32.7 Å². The van der Waals surface area contributed by atoms with Gasteiger partial charge >= 0.3 is 0 Å². The van der Waals surface area contributed by atoms with E-state index in [1.807, 2.05) is 6.21 Å². The molecule has 2 heteroatoms. The van der Waals surface area contributed by atoms with Crippen LogP contribution in [-0.2, 0) is 0 Å². The molecule has 0 amide bonds. The topological polar surface area (TPSA) is 15.6 Å². The molecule has 9 heavy (non-hydrogen) atoms. The molecule has 1 heterocycles. The van der Waals surface area contributed by atoms with Crippen LogP contribution in [0.15, 0.2) is 5.10 Å². The molecule has 0 saturated carbocycles. The van der Waals surface area contributed by atoms with E-state index >= 15 is 0 Å². The van der Waals surface area contributed by atoms with E-state index in [1.54, 1.807) is 0 Å². The zero-order valence-corrected chi connectivity index (χ0v) is 6.39. The zero-order valence-electron chi connectivity index (χ0n) is 6.39. The van der Waals surface area contributed by atoms with Crippen molar-refractivity contribution in [3.63, 3.8) is 0 Å². The molecular weight excluding hydrogens is 112 g/mol. The highest BCUT2D eigenvalue weighted by atomic mass is 15.5. The molecular formula is C7H14N2. The van der Waals surface area contributed by atoms with Gasteiger partial charge in [-0.15, -0.1) is 0 Å². The molecule has 0 aliphatic carbocycles. The Kier molecular flexibility index (Phi) is 1.47. The van der Waals surface area contributed by atoms with Crippen molar-refractivity contribution in [2.24, 2.45) is 5.10 Å². The Morgan fingerprint density at radius 1 is 1.44 bits per heavy atom. The van der Waals surface area contributed by atoms with Crippen LogP contribution >= 0.6 is 0 Å². The van der Waals surface area contributed by atoms with Crippen LogP contribution in [0.3, 0.4) is 0 Å². The van der Waals surface area contributed by atoms with E-state index < -0.39 is 0 Å². The Hall–Kier alpha value is -0.530. The molecule has 1 aliphatic rings. The van der Waals surface area contributed by atoms with Gasteiger partial charge in [-0.2, -0.15) is 5.10 Å². The second-order valence-electron chi connectivity index (χ2n) is 3.38. The predicted molar refractivity (Wildman–Crippen MR) is 39.6 cm³/mol. The summed E-state index contributed by atoms with van der Waals surface area (Å²) in [5.41, 5.74) is 0.215. The summed E-state index contributed by atoms with van der Waals surface area (Å²) in [4.78, 5) is 0. The van der Waals surface area contributed by atoms with Crippen molar-refractivity contribution in [1.82, 2.24) is 5.01 Å². The van der Waals surface area contributed by atoms with Crippen LogP contribution in [0.5, 0.6) is 0 Å². The first-order chi connectivity index (χ1) is 4.11. The van der Waals surface area contributed by atoms with Crippen LogP contribution in [0.2, 0.25) is 0 Å². The second-order valence-corrected chi connectivity index (χ2v) is 3.38. The predicted octanol–water partition coefficient (Wildman–Crippen LogP) is 1.48. The van der Waals surface area contributed by atoms with Gasteiger partial charge in [0.05, 0.1) is 0 Å². The number of hydrogen-bond donors (Lipinski definition) is 0. The summed E-state index contributed by atoms with van der Waals surface area (Å²) in [6.07, 6.45) is 3.09. The normalized spacial score (nSPS) is 19.2. The van der Waals surface area contributed by atoms with Crippen LogP contribution in [0, 0.1) is 0 Å². The molecule has 0 atom stereocenters. The van der Waals surface area contributed by atoms with E-state index in [0.717, 1.165) is 13.0 Å². The van der Waals surface area contributed by atoms with Gasteiger partial charge in [-0.05, 0) is 20.8 Å². The summed E-state index contributed by atoms with van der Waals surface area (Å²) >= 11 is 0. The number of hydrazone groups is 1. The van der Waals surface area contributed by atoms with E-state index in [9.17, 15) is 0 Å². The summed E-state index contributed by atoms with van der Waals surface area (Å²) in [5, 5.41) is 6.33. The molecule has 0 aromatic carbocycles. The van der Waals surface area contributed by atoms with Crippen LogP contribution in [0.25, 0.3) is 0 Å². The van der Waals surface area contributed by atoms with Gasteiger partial charge < -0.3 is 0 Å². The lowest BCUT2D eigenvalue weighted by atomic mass is 10.1. The summed E-state index contributed by atoms with van der Waals surface area (Å²) < 4.78 is 0. The van der Waals surface area contributed by atoms with Gasteiger partial charge in [0.25, 0.3) is 0 Å². The van der Waals surface area contributed by atoms with Crippen molar-refractivity contribution < 1.29 is 0 Å². The standard InChI is InChI=1S/C7H14N2/c1-7(2,3)9-6-4-5-8-9/h5H,4,6H2,1-3H3. The Morgan fingerprint density at radius 2 is 2.11 bits per heavy atom. The molecule has 0 saturated heterocycles. The molecule has 0 bridgehead atoms. The third kappa shape index (κ3) is 1.44. The van der Waals surface area contributed by atoms with Crippen LogP contribution in [0.4, 0.5) is 0 Å². The smallest absolute Gasteiger partial charge is 0.0495 e. The first-order valence-electron chi connectivity index (χ1n) is 3.41. The molecule has 0 N–H and O–H groups in total. The highest BCUT2D eigenvalue weighted by Crippen LogP contribution is 2.15. The van der Waals surface area contributed by atoms with Crippen molar-refractivity contribution in [3.05, 3.63) is 0 Å². The second kappa shape index (κ2) is 2.01. The van der Waals surface area contributed by atoms with Gasteiger partial charge in [0, 0.05) is 24.7 Å². The van der Waals surface area contributed by atoms with Crippen molar-refractivity contribution in [2.75, 3.05) is 6.54 Å². The van der Waals surface area contributed by atoms with E-state index in [-0.39, 0.29) is 5.54 Å². The maximum Gasteiger partial charge on any atom is 0.0495 e. The highest BCUT2D eigenvalue weighted by molar-refractivity contribution is 5.58. The average Bonchev–Trinajstić information content (AvgIpc) is 2.08. The molecule has 0 spiro atoms. The molecule has 52 valence electrons. The molecule has 0 fully saturated rings. The van der Waals surface area contributed by atoms with Gasteiger partial charge in [-0.25, -0.2) is 0 Å². The minimum Gasteiger partial charge on any atom is -0.292 e. The van der Waals surface area contributed by atoms with Crippen molar-refractivity contribution in [3.8, 4) is 0 Å². The Bertz CT molecular complexity index is 121. The Balaban J connectivity index is 2.53. The van der Waals surface area contributed by atoms with Crippen LogP contribution in [-0.4, -0.2) is 23.3 Å². The van der Waals surface area contributed by atoms with Crippen LogP contribution in [0.1, 0.15) is 27.2 Å². The van der Waals surface area contributed by atoms with E-state index in [4.69, 9.17) is 0 Å². The van der Waals surface area contributed by atoms with Gasteiger partial charge in [0.1, 0.15) is 0 Å². The van der Waals surface area contributed by atoms with Gasteiger partial charge in [-0.1, -0.05) is 0 Å². The average molecular weight is 126 g/mol. The minimum atomic E-state index is 0.215. The minimum absolute atomic E-state index is 0.215. The monoisotopic (exact) mass is 126 g/mol. The molecule has 0 unspecified atom stereocenters. The third-order valence-corrected chi connectivity index (χ3v) is 1.47. The fourth-order valence-corrected chi connectivity index (χ4v) is 0.903. The molecule has 1 rings (SSSR count). The van der Waals surface area contributed by atoms with Crippen molar-refractivity contribution >= 4 is 6.21 Å². The molecule has 0 radical (unpaired) electrons. The van der Waals surface area contributed by atoms with Crippen molar-refractivity contribution in [1.29, 1.82) is 0 Å². The molecule has 0 aromatic heterocycles. The Labute approximate surface area is 56.5 Å². The summed E-state index contributed by atoms with van der Waals surface area (Å²) in [6.45, 7) is 7.62. The SMILES string of the molecule is CC(C)(C)N1CCC=N1. The van der Waals surface area contributed by atoms with E-state index in [2.05, 4.69) is 30.9 Å². The van der Waals surface area contributed by atoms with Gasteiger partial charge in [-0.3, -0.25) is 5.01 Å². The molecule has 0 aromatic rings. The maximum absolute atomic E-state index is 4.22. The number of nitrogens with zero attached hydrogens (tertiary/aromatic N) is 2. The first-order valence-corrected chi connectivity index (χ1v) is 3.41. The fraction of sp³-hybridized carbons (Fsp3) is 0.857. The highest BCUT2D eigenvalue weighted by Gasteiger charge is 2.20. The maximum atomic E-state index is 4.22.